The highest BCUT2D eigenvalue weighted by Crippen LogP contribution is 2.18. The van der Waals surface area contributed by atoms with E-state index in [0.717, 1.165) is 57.8 Å². The molecule has 0 amide bonds. The summed E-state index contributed by atoms with van der Waals surface area (Å²) in [6.45, 7) is 2.66. The first kappa shape index (κ1) is 28.2. The summed E-state index contributed by atoms with van der Waals surface area (Å²) in [7, 11) is 0. The lowest BCUT2D eigenvalue weighted by molar-refractivity contribution is -0.141. The van der Waals surface area contributed by atoms with E-state index in [2.05, 4.69) is 24.3 Å². The van der Waals surface area contributed by atoms with Crippen molar-refractivity contribution in [2.75, 3.05) is 6.61 Å². The maximum atomic E-state index is 10.8. The number of aliphatic carboxylic acids is 1. The number of benzene rings is 1. The number of esters is 1. The Morgan fingerprint density at radius 2 is 1.31 bits per heavy atom. The van der Waals surface area contributed by atoms with E-state index in [4.69, 9.17) is 14.6 Å². The van der Waals surface area contributed by atoms with E-state index < -0.39 is 5.97 Å². The van der Waals surface area contributed by atoms with Crippen LogP contribution in [0.2, 0.25) is 0 Å². The topological polar surface area (TPSA) is 72.8 Å². The molecule has 1 aromatic rings. The molecule has 1 atom stereocenters. The summed E-state index contributed by atoms with van der Waals surface area (Å²) in [5.74, 6) is -0.881. The molecule has 1 N–H and O–H groups in total. The summed E-state index contributed by atoms with van der Waals surface area (Å²) in [4.78, 5) is 21.3. The molecular formula is C27H44O5. The summed E-state index contributed by atoms with van der Waals surface area (Å²) < 4.78 is 11.3. The Morgan fingerprint density at radius 1 is 0.781 bits per heavy atom. The Bertz CT molecular complexity index is 587. The summed E-state index contributed by atoms with van der Waals surface area (Å²) >= 11 is 0. The number of carbonyl (C=O) groups excluding carboxylic acids is 1. The first-order valence-corrected chi connectivity index (χ1v) is 12.6. The van der Waals surface area contributed by atoms with Gasteiger partial charge in [-0.2, -0.15) is 0 Å². The molecule has 1 aromatic carbocycles. The Kier molecular flexibility index (Phi) is 17.4. The van der Waals surface area contributed by atoms with Gasteiger partial charge < -0.3 is 14.6 Å². The summed E-state index contributed by atoms with van der Waals surface area (Å²) in [5, 5.41) is 8.66. The van der Waals surface area contributed by atoms with E-state index in [0.29, 0.717) is 25.7 Å². The second-order valence-electron chi connectivity index (χ2n) is 8.72. The van der Waals surface area contributed by atoms with Gasteiger partial charge in [0.1, 0.15) is 0 Å². The Labute approximate surface area is 194 Å². The monoisotopic (exact) mass is 448 g/mol. The highest BCUT2D eigenvalue weighted by molar-refractivity contribution is 5.66. The van der Waals surface area contributed by atoms with Crippen molar-refractivity contribution in [2.24, 2.45) is 0 Å². The molecule has 5 heteroatoms. The van der Waals surface area contributed by atoms with Crippen LogP contribution in [0.3, 0.4) is 0 Å². The first-order chi connectivity index (χ1) is 15.6. The zero-order chi connectivity index (χ0) is 23.3. The second kappa shape index (κ2) is 19.8. The van der Waals surface area contributed by atoms with Gasteiger partial charge in [0.25, 0.3) is 0 Å². The van der Waals surface area contributed by atoms with Gasteiger partial charge in [0.05, 0.1) is 19.3 Å². The van der Waals surface area contributed by atoms with Crippen LogP contribution in [0.1, 0.15) is 109 Å². The standard InChI is InChI=1S/C27H44O5/c1-24(28)31-22-16-9-8-14-20-26(32-23-25-17-11-10-12-18-25)19-13-6-4-2-3-5-7-15-21-27(29)30/h10-12,17-18,26H,2-9,13-16,19-23H2,1H3,(H,29,30). The number of unbranched alkanes of at least 4 members (excludes halogenated alkanes) is 10. The molecule has 0 aliphatic rings. The number of rotatable bonds is 21. The minimum atomic E-state index is -0.684. The van der Waals surface area contributed by atoms with Gasteiger partial charge in [-0.25, -0.2) is 0 Å². The third-order valence-corrected chi connectivity index (χ3v) is 5.72. The van der Waals surface area contributed by atoms with Crippen molar-refractivity contribution in [3.8, 4) is 0 Å². The summed E-state index contributed by atoms with van der Waals surface area (Å²) in [5.41, 5.74) is 1.22. The SMILES string of the molecule is CC(=O)OCCCCCCC(CCCCCCCCCCC(=O)O)OCc1ccccc1. The molecule has 32 heavy (non-hydrogen) atoms. The van der Waals surface area contributed by atoms with Crippen molar-refractivity contribution in [3.63, 3.8) is 0 Å². The predicted octanol–water partition coefficient (Wildman–Crippen LogP) is 7.07. The van der Waals surface area contributed by atoms with Gasteiger partial charge in [-0.1, -0.05) is 94.5 Å². The van der Waals surface area contributed by atoms with Gasteiger partial charge in [-0.15, -0.1) is 0 Å². The number of carboxylic acids is 1. The van der Waals surface area contributed by atoms with Crippen LogP contribution < -0.4 is 0 Å². The van der Waals surface area contributed by atoms with E-state index in [1.165, 1.54) is 44.6 Å². The third kappa shape index (κ3) is 17.8. The number of hydrogen-bond acceptors (Lipinski definition) is 4. The number of carbonyl (C=O) groups is 2. The minimum absolute atomic E-state index is 0.197. The van der Waals surface area contributed by atoms with Gasteiger partial charge in [0.15, 0.2) is 0 Å². The highest BCUT2D eigenvalue weighted by Gasteiger charge is 2.09. The minimum Gasteiger partial charge on any atom is -0.481 e. The van der Waals surface area contributed by atoms with Crippen LogP contribution in [0, 0.1) is 0 Å². The second-order valence-corrected chi connectivity index (χ2v) is 8.72. The quantitative estimate of drug-likeness (QED) is 0.161. The van der Waals surface area contributed by atoms with Crippen molar-refractivity contribution in [1.29, 1.82) is 0 Å². The average molecular weight is 449 g/mol. The van der Waals surface area contributed by atoms with Gasteiger partial charge in [0, 0.05) is 13.3 Å². The van der Waals surface area contributed by atoms with Crippen LogP contribution in [0.15, 0.2) is 30.3 Å². The van der Waals surface area contributed by atoms with E-state index in [-0.39, 0.29) is 5.97 Å². The zero-order valence-corrected chi connectivity index (χ0v) is 20.1. The molecule has 0 radical (unpaired) electrons. The van der Waals surface area contributed by atoms with Crippen LogP contribution >= 0.6 is 0 Å². The van der Waals surface area contributed by atoms with Gasteiger partial charge in [-0.05, 0) is 31.2 Å². The summed E-state index contributed by atoms with van der Waals surface area (Å²) in [6.07, 6.45) is 16.2. The Hall–Kier alpha value is -1.88. The Morgan fingerprint density at radius 3 is 1.88 bits per heavy atom. The normalized spacial score (nSPS) is 11.9. The lowest BCUT2D eigenvalue weighted by Gasteiger charge is -2.18. The molecular weight excluding hydrogens is 404 g/mol. The molecule has 1 rings (SSSR count). The summed E-state index contributed by atoms with van der Waals surface area (Å²) in [6, 6.07) is 10.4. The predicted molar refractivity (Wildman–Crippen MR) is 129 cm³/mol. The first-order valence-electron chi connectivity index (χ1n) is 12.6. The van der Waals surface area contributed by atoms with Crippen molar-refractivity contribution >= 4 is 11.9 Å². The maximum Gasteiger partial charge on any atom is 0.303 e. The molecule has 0 spiro atoms. The Balaban J connectivity index is 2.15. The fourth-order valence-corrected chi connectivity index (χ4v) is 3.85. The molecule has 0 saturated carbocycles. The molecule has 0 aliphatic heterocycles. The van der Waals surface area contributed by atoms with Crippen molar-refractivity contribution < 1.29 is 24.2 Å². The number of carboxylic acid groups (broad SMARTS) is 1. The van der Waals surface area contributed by atoms with E-state index in [9.17, 15) is 9.59 Å². The molecule has 5 nitrogen and oxygen atoms in total. The average Bonchev–Trinajstić information content (AvgIpc) is 2.77. The molecule has 0 saturated heterocycles. The molecule has 0 aromatic heterocycles. The molecule has 1 unspecified atom stereocenters. The number of ether oxygens (including phenoxy) is 2. The largest absolute Gasteiger partial charge is 0.481 e. The molecule has 0 heterocycles. The smallest absolute Gasteiger partial charge is 0.303 e. The van der Waals surface area contributed by atoms with E-state index in [1.54, 1.807) is 0 Å². The maximum absolute atomic E-state index is 10.8. The van der Waals surface area contributed by atoms with Crippen LogP contribution in [0.25, 0.3) is 0 Å². The van der Waals surface area contributed by atoms with E-state index in [1.807, 2.05) is 6.07 Å². The van der Waals surface area contributed by atoms with Crippen LogP contribution in [-0.2, 0) is 25.7 Å². The lowest BCUT2D eigenvalue weighted by atomic mass is 10.0. The van der Waals surface area contributed by atoms with Gasteiger partial charge in [0.2, 0.25) is 0 Å². The van der Waals surface area contributed by atoms with Crippen molar-refractivity contribution in [2.45, 2.75) is 116 Å². The fraction of sp³-hybridized carbons (Fsp3) is 0.704. The molecule has 182 valence electrons. The van der Waals surface area contributed by atoms with Crippen LogP contribution in [0.4, 0.5) is 0 Å². The fourth-order valence-electron chi connectivity index (χ4n) is 3.85. The van der Waals surface area contributed by atoms with E-state index >= 15 is 0 Å². The number of hydrogen-bond donors (Lipinski definition) is 1. The van der Waals surface area contributed by atoms with Gasteiger partial charge in [-0.3, -0.25) is 9.59 Å². The van der Waals surface area contributed by atoms with Crippen LogP contribution in [-0.4, -0.2) is 29.8 Å². The molecule has 0 bridgehead atoms. The van der Waals surface area contributed by atoms with Crippen molar-refractivity contribution in [1.82, 2.24) is 0 Å². The molecule has 0 fully saturated rings. The zero-order valence-electron chi connectivity index (χ0n) is 20.1. The van der Waals surface area contributed by atoms with Crippen LogP contribution in [0.5, 0.6) is 0 Å². The van der Waals surface area contributed by atoms with Gasteiger partial charge >= 0.3 is 11.9 Å². The van der Waals surface area contributed by atoms with Crippen molar-refractivity contribution in [3.05, 3.63) is 35.9 Å². The highest BCUT2D eigenvalue weighted by atomic mass is 16.5. The third-order valence-electron chi connectivity index (χ3n) is 5.72. The lowest BCUT2D eigenvalue weighted by Crippen LogP contribution is -2.13. The molecule has 0 aliphatic carbocycles.